The molecule has 0 unspecified atom stereocenters. The predicted octanol–water partition coefficient (Wildman–Crippen LogP) is 2.85. The average molecular weight is 286 g/mol. The van der Waals surface area contributed by atoms with Crippen molar-refractivity contribution in [1.82, 2.24) is 10.6 Å². The first-order valence-corrected chi connectivity index (χ1v) is 7.44. The number of carbonyl (C=O) groups is 1. The van der Waals surface area contributed by atoms with Crippen LogP contribution in [0.3, 0.4) is 0 Å². The van der Waals surface area contributed by atoms with Crippen LogP contribution in [0, 0.1) is 5.82 Å². The molecule has 1 fully saturated rings. The molecule has 0 saturated carbocycles. The molecule has 1 aliphatic rings. The monoisotopic (exact) mass is 286 g/mol. The van der Waals surface area contributed by atoms with Gasteiger partial charge in [-0.05, 0) is 43.3 Å². The first kappa shape index (κ1) is 14.0. The molecule has 2 aromatic carbocycles. The second kappa shape index (κ2) is 6.22. The van der Waals surface area contributed by atoms with E-state index in [4.69, 9.17) is 0 Å². The Morgan fingerprint density at radius 1 is 1.24 bits per heavy atom. The molecule has 1 amide bonds. The summed E-state index contributed by atoms with van der Waals surface area (Å²) < 4.78 is 13.7. The quantitative estimate of drug-likeness (QED) is 0.907. The smallest absolute Gasteiger partial charge is 0.251 e. The van der Waals surface area contributed by atoms with Crippen LogP contribution in [0.5, 0.6) is 0 Å². The van der Waals surface area contributed by atoms with Crippen LogP contribution in [0.1, 0.15) is 29.6 Å². The number of amides is 1. The lowest BCUT2D eigenvalue weighted by molar-refractivity contribution is 0.0954. The molecular weight excluding hydrogens is 267 g/mol. The first-order chi connectivity index (χ1) is 10.3. The molecule has 0 spiro atoms. The van der Waals surface area contributed by atoms with E-state index in [1.165, 1.54) is 18.9 Å². The summed E-state index contributed by atoms with van der Waals surface area (Å²) in [6, 6.07) is 10.5. The van der Waals surface area contributed by atoms with Crippen molar-refractivity contribution < 1.29 is 9.18 Å². The molecule has 21 heavy (non-hydrogen) atoms. The van der Waals surface area contributed by atoms with E-state index in [0.717, 1.165) is 13.0 Å². The molecule has 0 aromatic heterocycles. The Bertz CT molecular complexity index is 650. The van der Waals surface area contributed by atoms with Crippen molar-refractivity contribution in [2.75, 3.05) is 13.1 Å². The Morgan fingerprint density at radius 2 is 2.05 bits per heavy atom. The fourth-order valence-electron chi connectivity index (χ4n) is 2.92. The van der Waals surface area contributed by atoms with Crippen molar-refractivity contribution in [3.63, 3.8) is 0 Å². The lowest BCUT2D eigenvalue weighted by Crippen LogP contribution is -2.30. The molecule has 110 valence electrons. The summed E-state index contributed by atoms with van der Waals surface area (Å²) in [5.41, 5.74) is 0.534. The zero-order chi connectivity index (χ0) is 14.7. The third kappa shape index (κ3) is 3.05. The van der Waals surface area contributed by atoms with Crippen molar-refractivity contribution in [3.05, 3.63) is 47.8 Å². The number of benzene rings is 2. The number of hydrogen-bond acceptors (Lipinski definition) is 2. The van der Waals surface area contributed by atoms with Gasteiger partial charge in [-0.2, -0.15) is 0 Å². The van der Waals surface area contributed by atoms with E-state index in [0.29, 0.717) is 28.9 Å². The predicted molar refractivity (Wildman–Crippen MR) is 81.9 cm³/mol. The molecule has 1 aliphatic heterocycles. The van der Waals surface area contributed by atoms with Gasteiger partial charge >= 0.3 is 0 Å². The molecule has 2 N–H and O–H groups in total. The Balaban J connectivity index is 1.71. The summed E-state index contributed by atoms with van der Waals surface area (Å²) in [5, 5.41) is 7.49. The summed E-state index contributed by atoms with van der Waals surface area (Å²) in [7, 11) is 0. The van der Waals surface area contributed by atoms with Crippen molar-refractivity contribution >= 4 is 16.7 Å². The average Bonchev–Trinajstić information content (AvgIpc) is 3.01. The Labute approximate surface area is 123 Å². The molecule has 1 heterocycles. The van der Waals surface area contributed by atoms with Gasteiger partial charge in [-0.15, -0.1) is 0 Å². The van der Waals surface area contributed by atoms with E-state index in [1.807, 2.05) is 6.07 Å². The molecule has 4 heteroatoms. The summed E-state index contributed by atoms with van der Waals surface area (Å²) in [6.07, 6.45) is 3.32. The molecule has 0 bridgehead atoms. The van der Waals surface area contributed by atoms with Crippen molar-refractivity contribution in [2.24, 2.45) is 0 Å². The van der Waals surface area contributed by atoms with Gasteiger partial charge in [-0.1, -0.05) is 24.3 Å². The number of rotatable bonds is 4. The van der Waals surface area contributed by atoms with Crippen molar-refractivity contribution in [2.45, 2.75) is 25.3 Å². The van der Waals surface area contributed by atoms with E-state index in [9.17, 15) is 9.18 Å². The zero-order valence-corrected chi connectivity index (χ0v) is 11.9. The SMILES string of the molecule is O=C(NCC[C@H]1CCCN1)c1ccc(F)c2ccccc12. The summed E-state index contributed by atoms with van der Waals surface area (Å²) in [4.78, 5) is 12.3. The van der Waals surface area contributed by atoms with Crippen molar-refractivity contribution in [1.29, 1.82) is 0 Å². The maximum absolute atomic E-state index is 13.7. The van der Waals surface area contributed by atoms with E-state index in [-0.39, 0.29) is 11.7 Å². The molecule has 0 aliphatic carbocycles. The fourth-order valence-corrected chi connectivity index (χ4v) is 2.92. The summed E-state index contributed by atoms with van der Waals surface area (Å²) in [6.45, 7) is 1.71. The molecule has 3 nitrogen and oxygen atoms in total. The van der Waals surface area contributed by atoms with Crippen LogP contribution in [0.25, 0.3) is 10.8 Å². The van der Waals surface area contributed by atoms with E-state index < -0.39 is 0 Å². The summed E-state index contributed by atoms with van der Waals surface area (Å²) >= 11 is 0. The lowest BCUT2D eigenvalue weighted by Gasteiger charge is -2.12. The second-order valence-corrected chi connectivity index (χ2v) is 5.48. The highest BCUT2D eigenvalue weighted by Gasteiger charge is 2.15. The highest BCUT2D eigenvalue weighted by atomic mass is 19.1. The third-order valence-corrected chi connectivity index (χ3v) is 4.06. The van der Waals surface area contributed by atoms with Crippen molar-refractivity contribution in [3.8, 4) is 0 Å². The van der Waals surface area contributed by atoms with Gasteiger partial charge in [0.2, 0.25) is 0 Å². The standard InChI is InChI=1S/C17H19FN2O/c18-16-8-7-15(13-5-1-2-6-14(13)16)17(21)20-11-9-12-4-3-10-19-12/h1-2,5-8,12,19H,3-4,9-11H2,(H,20,21)/t12-/m1/s1. The Morgan fingerprint density at radius 3 is 2.81 bits per heavy atom. The minimum absolute atomic E-state index is 0.135. The van der Waals surface area contributed by atoms with Crippen LogP contribution in [0.15, 0.2) is 36.4 Å². The lowest BCUT2D eigenvalue weighted by atomic mass is 10.0. The minimum atomic E-state index is -0.294. The zero-order valence-electron chi connectivity index (χ0n) is 11.9. The number of hydrogen-bond donors (Lipinski definition) is 2. The van der Waals surface area contributed by atoms with Crippen LogP contribution < -0.4 is 10.6 Å². The van der Waals surface area contributed by atoms with Crippen LogP contribution >= 0.6 is 0 Å². The number of halogens is 1. The fraction of sp³-hybridized carbons (Fsp3) is 0.353. The molecule has 1 saturated heterocycles. The van der Waals surface area contributed by atoms with Crippen LogP contribution in [0.2, 0.25) is 0 Å². The molecule has 0 radical (unpaired) electrons. The van der Waals surface area contributed by atoms with E-state index in [2.05, 4.69) is 10.6 Å². The van der Waals surface area contributed by atoms with Gasteiger partial charge in [-0.3, -0.25) is 4.79 Å². The molecule has 2 aromatic rings. The van der Waals surface area contributed by atoms with Gasteiger partial charge in [-0.25, -0.2) is 4.39 Å². The van der Waals surface area contributed by atoms with Gasteiger partial charge in [0.1, 0.15) is 5.82 Å². The van der Waals surface area contributed by atoms with Gasteiger partial charge in [0.25, 0.3) is 5.91 Å². The molecule has 3 rings (SSSR count). The highest BCUT2D eigenvalue weighted by Crippen LogP contribution is 2.21. The maximum atomic E-state index is 13.7. The van der Waals surface area contributed by atoms with Gasteiger partial charge < -0.3 is 10.6 Å². The largest absolute Gasteiger partial charge is 0.352 e. The first-order valence-electron chi connectivity index (χ1n) is 7.44. The highest BCUT2D eigenvalue weighted by molar-refractivity contribution is 6.07. The maximum Gasteiger partial charge on any atom is 0.251 e. The minimum Gasteiger partial charge on any atom is -0.352 e. The number of carbonyl (C=O) groups excluding carboxylic acids is 1. The van der Waals surface area contributed by atoms with E-state index >= 15 is 0 Å². The topological polar surface area (TPSA) is 41.1 Å². The number of nitrogens with one attached hydrogen (secondary N) is 2. The van der Waals surface area contributed by atoms with Gasteiger partial charge in [0, 0.05) is 23.5 Å². The second-order valence-electron chi connectivity index (χ2n) is 5.48. The van der Waals surface area contributed by atoms with Crippen LogP contribution in [-0.4, -0.2) is 25.0 Å². The normalized spacial score (nSPS) is 18.0. The molecular formula is C17H19FN2O. The number of fused-ring (bicyclic) bond motifs is 1. The van der Waals surface area contributed by atoms with Gasteiger partial charge in [0.15, 0.2) is 0 Å². The summed E-state index contributed by atoms with van der Waals surface area (Å²) in [5.74, 6) is -0.429. The molecule has 1 atom stereocenters. The Hall–Kier alpha value is -1.94. The van der Waals surface area contributed by atoms with Crippen LogP contribution in [-0.2, 0) is 0 Å². The van der Waals surface area contributed by atoms with Crippen LogP contribution in [0.4, 0.5) is 4.39 Å². The Kier molecular flexibility index (Phi) is 4.15. The third-order valence-electron chi connectivity index (χ3n) is 4.06. The van der Waals surface area contributed by atoms with E-state index in [1.54, 1.807) is 24.3 Å². The van der Waals surface area contributed by atoms with Gasteiger partial charge in [0.05, 0.1) is 0 Å².